The number of nitrogens with zero attached hydrogens (tertiary/aromatic N) is 3. The normalized spacial score (nSPS) is 18.6. The predicted molar refractivity (Wildman–Crippen MR) is 222 cm³/mol. The zero-order valence-electron chi connectivity index (χ0n) is 33.1. The molecule has 0 unspecified atom stereocenters. The lowest BCUT2D eigenvalue weighted by Gasteiger charge is -2.22. The highest BCUT2D eigenvalue weighted by atomic mass is 16.5. The fourth-order valence-electron chi connectivity index (χ4n) is 8.05. The molecule has 0 bridgehead atoms. The lowest BCUT2D eigenvalue weighted by molar-refractivity contribution is 0.0786. The molecule has 8 rings (SSSR count). The molecule has 2 atom stereocenters. The Bertz CT molecular complexity index is 2270. The highest BCUT2D eigenvalue weighted by Crippen LogP contribution is 2.41. The summed E-state index contributed by atoms with van der Waals surface area (Å²) in [5.74, 6) is 1.73. The Morgan fingerprint density at radius 1 is 0.768 bits per heavy atom. The zero-order valence-corrected chi connectivity index (χ0v) is 33.1. The highest BCUT2D eigenvalue weighted by Gasteiger charge is 2.35. The molecule has 56 heavy (non-hydrogen) atoms. The summed E-state index contributed by atoms with van der Waals surface area (Å²) < 4.78 is 18.1. The molecular formula is C47H50N4O5. The van der Waals surface area contributed by atoms with E-state index in [-0.39, 0.29) is 29.4 Å². The zero-order chi connectivity index (χ0) is 39.1. The van der Waals surface area contributed by atoms with Crippen LogP contribution in [-0.2, 0) is 6.42 Å². The number of hydrogen-bond acceptors (Lipinski definition) is 7. The summed E-state index contributed by atoms with van der Waals surface area (Å²) in [5.41, 5.74) is 10.6. The average molecular weight is 751 g/mol. The molecule has 4 aliphatic heterocycles. The Hall–Kier alpha value is -5.83. The van der Waals surface area contributed by atoms with Crippen LogP contribution in [0.5, 0.6) is 17.2 Å². The third-order valence-corrected chi connectivity index (χ3v) is 11.0. The Labute approximate surface area is 329 Å². The van der Waals surface area contributed by atoms with Gasteiger partial charge in [0.05, 0.1) is 37.6 Å². The van der Waals surface area contributed by atoms with Crippen LogP contribution in [0.25, 0.3) is 11.1 Å². The van der Waals surface area contributed by atoms with Gasteiger partial charge < -0.3 is 29.3 Å². The van der Waals surface area contributed by atoms with Crippen molar-refractivity contribution < 1.29 is 23.8 Å². The Morgan fingerprint density at radius 2 is 1.43 bits per heavy atom. The maximum Gasteiger partial charge on any atom is 0.260 e. The first kappa shape index (κ1) is 37.1. The summed E-state index contributed by atoms with van der Waals surface area (Å²) in [6, 6.07) is 24.4. The van der Waals surface area contributed by atoms with Crippen LogP contribution < -0.4 is 19.5 Å². The van der Waals surface area contributed by atoms with E-state index in [0.29, 0.717) is 48.8 Å². The van der Waals surface area contributed by atoms with E-state index < -0.39 is 0 Å². The number of aryl methyl sites for hydroxylation is 3. The van der Waals surface area contributed by atoms with Crippen LogP contribution in [0.1, 0.15) is 95.0 Å². The number of methoxy groups -OCH3 is 1. The number of benzene rings is 4. The van der Waals surface area contributed by atoms with Gasteiger partial charge >= 0.3 is 0 Å². The topological polar surface area (TPSA) is 92.7 Å². The summed E-state index contributed by atoms with van der Waals surface area (Å²) in [6.45, 7) is 11.3. The lowest BCUT2D eigenvalue weighted by Crippen LogP contribution is -2.32. The van der Waals surface area contributed by atoms with Crippen molar-refractivity contribution in [3.05, 3.63) is 124 Å². The van der Waals surface area contributed by atoms with Crippen molar-refractivity contribution in [3.63, 3.8) is 0 Å². The van der Waals surface area contributed by atoms with Gasteiger partial charge in [0, 0.05) is 60.4 Å². The number of fused-ring (bicyclic) bond motifs is 4. The second kappa shape index (κ2) is 15.0. The van der Waals surface area contributed by atoms with Crippen LogP contribution in [0.3, 0.4) is 0 Å². The maximum absolute atomic E-state index is 13.9. The van der Waals surface area contributed by atoms with Gasteiger partial charge in [-0.2, -0.15) is 0 Å². The maximum atomic E-state index is 13.9. The second-order valence-electron chi connectivity index (χ2n) is 16.3. The van der Waals surface area contributed by atoms with Crippen molar-refractivity contribution in [1.82, 2.24) is 9.80 Å². The molecule has 4 aliphatic rings. The van der Waals surface area contributed by atoms with E-state index in [2.05, 4.69) is 87.7 Å². The summed E-state index contributed by atoms with van der Waals surface area (Å²) in [7, 11) is 1.58. The highest BCUT2D eigenvalue weighted by molar-refractivity contribution is 6.05. The fraction of sp³-hybridized carbons (Fsp3) is 0.340. The first-order valence-corrected chi connectivity index (χ1v) is 19.6. The minimum Gasteiger partial charge on any atom is -0.493 e. The summed E-state index contributed by atoms with van der Waals surface area (Å²) in [4.78, 5) is 36.1. The summed E-state index contributed by atoms with van der Waals surface area (Å²) >= 11 is 0. The third-order valence-electron chi connectivity index (χ3n) is 11.0. The van der Waals surface area contributed by atoms with Crippen molar-refractivity contribution in [2.45, 2.75) is 84.3 Å². The molecule has 9 nitrogen and oxygen atoms in total. The smallest absolute Gasteiger partial charge is 0.260 e. The van der Waals surface area contributed by atoms with E-state index >= 15 is 0 Å². The van der Waals surface area contributed by atoms with Crippen molar-refractivity contribution >= 4 is 40.5 Å². The van der Waals surface area contributed by atoms with Gasteiger partial charge in [-0.1, -0.05) is 42.0 Å². The molecule has 0 aliphatic carbocycles. The number of aliphatic imine (C=N–C) groups is 1. The number of nitrogens with one attached hydrogen (secondary N) is 1. The molecule has 4 aromatic carbocycles. The fourth-order valence-corrected chi connectivity index (χ4v) is 8.05. The van der Waals surface area contributed by atoms with Gasteiger partial charge in [-0.15, -0.1) is 0 Å². The van der Waals surface area contributed by atoms with Crippen molar-refractivity contribution in [2.75, 3.05) is 25.6 Å². The lowest BCUT2D eigenvalue weighted by atomic mass is 9.96. The number of carbonyl (C=O) groups excluding carboxylic acids is 2. The van der Waals surface area contributed by atoms with Gasteiger partial charge in [-0.25, -0.2) is 0 Å². The van der Waals surface area contributed by atoms with Crippen molar-refractivity contribution in [3.8, 4) is 17.2 Å². The average Bonchev–Trinajstić information content (AvgIpc) is 3.75. The van der Waals surface area contributed by atoms with Gasteiger partial charge in [-0.3, -0.25) is 14.6 Å². The summed E-state index contributed by atoms with van der Waals surface area (Å²) in [6.07, 6.45) is 9.72. The SMILES string of the molecule is COc1cc2c(cc1OCCCOc1cc3c(cc1C)C(=O)N1C=C(c4ccc(NC(C)(C)C)cc4)C[C@H]1CC3)N=C[C@@H]1CC(c3ccc(C)cc3)=CN1C2=O. The van der Waals surface area contributed by atoms with Gasteiger partial charge in [0.2, 0.25) is 0 Å². The predicted octanol–water partition coefficient (Wildman–Crippen LogP) is 9.54. The van der Waals surface area contributed by atoms with Gasteiger partial charge in [0.1, 0.15) is 5.75 Å². The Kier molecular flexibility index (Phi) is 9.95. The molecule has 4 aromatic rings. The molecule has 0 aromatic heterocycles. The molecule has 288 valence electrons. The van der Waals surface area contributed by atoms with Crippen LogP contribution in [0.15, 0.2) is 90.2 Å². The van der Waals surface area contributed by atoms with E-state index in [1.54, 1.807) is 24.1 Å². The van der Waals surface area contributed by atoms with Crippen molar-refractivity contribution in [1.29, 1.82) is 0 Å². The molecule has 0 radical (unpaired) electrons. The van der Waals surface area contributed by atoms with Crippen LogP contribution in [0, 0.1) is 13.8 Å². The molecular weight excluding hydrogens is 701 g/mol. The van der Waals surface area contributed by atoms with E-state index in [1.807, 2.05) is 36.4 Å². The number of amides is 2. The summed E-state index contributed by atoms with van der Waals surface area (Å²) in [5, 5.41) is 3.52. The van der Waals surface area contributed by atoms with Crippen LogP contribution in [0.2, 0.25) is 0 Å². The number of carbonyl (C=O) groups is 2. The molecule has 0 spiro atoms. The quantitative estimate of drug-likeness (QED) is 0.162. The number of anilines is 1. The molecule has 4 heterocycles. The van der Waals surface area contributed by atoms with Crippen LogP contribution >= 0.6 is 0 Å². The molecule has 2 amide bonds. The first-order chi connectivity index (χ1) is 26.9. The van der Waals surface area contributed by atoms with E-state index in [1.165, 1.54) is 11.1 Å². The standard InChI is InChI=1S/C47H50N4O5/c1-29-8-10-31(11-9-29)35-22-38-26-48-41-25-44(43(54-6)24-40(41)46(53)51(38)28-35)56-19-7-18-55-42-23-33-14-17-37-21-34(27-50(37)45(52)39(33)20-30(42)2)32-12-15-36(16-13-32)49-47(3,4)5/h8-13,15-16,20,23-28,37-38,49H,7,14,17-19,21-22H2,1-6H3/t37-,38+/m1/s1. The largest absolute Gasteiger partial charge is 0.493 e. The van der Waals surface area contributed by atoms with Crippen molar-refractivity contribution in [2.24, 2.45) is 4.99 Å². The second-order valence-corrected chi connectivity index (χ2v) is 16.3. The van der Waals surface area contributed by atoms with Crippen LogP contribution in [-0.4, -0.2) is 65.8 Å². The van der Waals surface area contributed by atoms with Gasteiger partial charge in [0.25, 0.3) is 11.8 Å². The first-order valence-electron chi connectivity index (χ1n) is 19.6. The minimum absolute atomic E-state index is 0.00655. The third kappa shape index (κ3) is 7.55. The van der Waals surface area contributed by atoms with Gasteiger partial charge in [-0.05, 0) is 118 Å². The van der Waals surface area contributed by atoms with E-state index in [9.17, 15) is 9.59 Å². The molecule has 0 saturated heterocycles. The van der Waals surface area contributed by atoms with Crippen LogP contribution in [0.4, 0.5) is 11.4 Å². The van der Waals surface area contributed by atoms with E-state index in [0.717, 1.165) is 64.1 Å². The monoisotopic (exact) mass is 750 g/mol. The van der Waals surface area contributed by atoms with E-state index in [4.69, 9.17) is 19.2 Å². The molecule has 1 N–H and O–H groups in total. The van der Waals surface area contributed by atoms with Gasteiger partial charge in [0.15, 0.2) is 11.5 Å². The number of rotatable bonds is 10. The Morgan fingerprint density at radius 3 is 2.14 bits per heavy atom. The number of ether oxygens (including phenoxy) is 3. The minimum atomic E-state index is -0.153. The molecule has 9 heteroatoms. The molecule has 0 fully saturated rings. The number of hydrogen-bond donors (Lipinski definition) is 1. The molecule has 0 saturated carbocycles. The Balaban J connectivity index is 0.881.